The number of nitrogens with zero attached hydrogens (tertiary/aromatic N) is 3. The Labute approximate surface area is 210 Å². The van der Waals surface area contributed by atoms with E-state index in [1.54, 1.807) is 24.2 Å². The van der Waals surface area contributed by atoms with Crippen molar-refractivity contribution in [3.63, 3.8) is 0 Å². The number of rotatable bonds is 7. The lowest BCUT2D eigenvalue weighted by molar-refractivity contribution is -0.120. The van der Waals surface area contributed by atoms with Gasteiger partial charge in [-0.15, -0.1) is 0 Å². The van der Waals surface area contributed by atoms with E-state index in [1.165, 1.54) is 6.20 Å². The van der Waals surface area contributed by atoms with Crippen molar-refractivity contribution in [2.24, 2.45) is 0 Å². The number of carbonyl (C=O) groups is 3. The van der Waals surface area contributed by atoms with Crippen LogP contribution in [0.1, 0.15) is 72.8 Å². The molecule has 36 heavy (non-hydrogen) atoms. The van der Waals surface area contributed by atoms with E-state index in [-0.39, 0.29) is 17.6 Å². The Morgan fingerprint density at radius 2 is 1.97 bits per heavy atom. The first-order valence-electron chi connectivity index (χ1n) is 12.1. The van der Waals surface area contributed by atoms with Crippen LogP contribution in [0.3, 0.4) is 0 Å². The van der Waals surface area contributed by atoms with Crippen LogP contribution in [0, 0.1) is 0 Å². The van der Waals surface area contributed by atoms with Crippen LogP contribution in [0.4, 0.5) is 10.6 Å². The molecule has 0 saturated heterocycles. The van der Waals surface area contributed by atoms with E-state index in [2.05, 4.69) is 21.4 Å². The molecule has 1 spiro atoms. The molecule has 1 atom stereocenters. The topological polar surface area (TPSA) is 122 Å². The second-order valence-electron chi connectivity index (χ2n) is 10.5. The molecule has 9 nitrogen and oxygen atoms in total. The van der Waals surface area contributed by atoms with Crippen molar-refractivity contribution in [1.82, 2.24) is 14.9 Å². The SMILES string of the molecule is CN(CCCC/C=C/c1cnc2c(c1)[C@@]1(Cc3cc(C(=O)O)cnc3C1)C(=O)N2)C(=O)OC(C)(C)C. The highest BCUT2D eigenvalue weighted by Gasteiger charge is 2.51. The third-order valence-electron chi connectivity index (χ3n) is 6.49. The number of allylic oxidation sites excluding steroid dienone is 1. The molecule has 2 aromatic rings. The van der Waals surface area contributed by atoms with E-state index in [9.17, 15) is 19.5 Å². The zero-order valence-electron chi connectivity index (χ0n) is 21.1. The summed E-state index contributed by atoms with van der Waals surface area (Å²) in [5.41, 5.74) is 2.06. The number of aromatic carboxylic acids is 1. The standard InChI is InChI=1S/C27H32N4O5/c1-26(2,3)36-25(35)31(4)10-8-6-5-7-9-17-11-20-22(29-15-17)30-24(34)27(20)13-18-12-19(23(32)33)16-28-21(18)14-27/h7,9,11-12,15-16H,5-6,8,10,13-14H2,1-4H3,(H,32,33)(H,29,30,34)/b9-7+/t27-/m0/s1. The Bertz CT molecular complexity index is 1230. The summed E-state index contributed by atoms with van der Waals surface area (Å²) >= 11 is 0. The molecule has 0 radical (unpaired) electrons. The summed E-state index contributed by atoms with van der Waals surface area (Å²) in [6, 6.07) is 3.60. The van der Waals surface area contributed by atoms with Crippen molar-refractivity contribution in [1.29, 1.82) is 0 Å². The van der Waals surface area contributed by atoms with E-state index in [4.69, 9.17) is 4.74 Å². The van der Waals surface area contributed by atoms with E-state index < -0.39 is 17.0 Å². The maximum absolute atomic E-state index is 13.0. The predicted octanol–water partition coefficient (Wildman–Crippen LogP) is 4.21. The minimum atomic E-state index is -1.03. The van der Waals surface area contributed by atoms with E-state index in [0.29, 0.717) is 25.2 Å². The number of anilines is 1. The molecule has 2 aromatic heterocycles. The number of unbranched alkanes of at least 4 members (excludes halogenated alkanes) is 2. The van der Waals surface area contributed by atoms with Gasteiger partial charge in [0.1, 0.15) is 11.4 Å². The van der Waals surface area contributed by atoms with Gasteiger partial charge in [-0.3, -0.25) is 9.78 Å². The predicted molar refractivity (Wildman–Crippen MR) is 135 cm³/mol. The molecule has 0 bridgehead atoms. The lowest BCUT2D eigenvalue weighted by Gasteiger charge is -2.24. The summed E-state index contributed by atoms with van der Waals surface area (Å²) < 4.78 is 5.36. The molecule has 2 aliphatic rings. The van der Waals surface area contributed by atoms with Crippen molar-refractivity contribution in [3.05, 3.63) is 58.6 Å². The maximum Gasteiger partial charge on any atom is 0.410 e. The zero-order valence-corrected chi connectivity index (χ0v) is 21.1. The number of carboxylic acid groups (broad SMARTS) is 1. The first-order valence-corrected chi connectivity index (χ1v) is 12.1. The van der Waals surface area contributed by atoms with Gasteiger partial charge in [-0.1, -0.05) is 12.2 Å². The lowest BCUT2D eigenvalue weighted by Crippen LogP contribution is -2.35. The van der Waals surface area contributed by atoms with Crippen molar-refractivity contribution >= 4 is 29.9 Å². The fraction of sp³-hybridized carbons (Fsp3) is 0.444. The van der Waals surface area contributed by atoms with Crippen LogP contribution in [0.25, 0.3) is 6.08 Å². The van der Waals surface area contributed by atoms with Crippen LogP contribution >= 0.6 is 0 Å². The largest absolute Gasteiger partial charge is 0.478 e. The number of hydrogen-bond donors (Lipinski definition) is 2. The van der Waals surface area contributed by atoms with Crippen LogP contribution in [0.2, 0.25) is 0 Å². The molecule has 1 aliphatic carbocycles. The Morgan fingerprint density at radius 3 is 2.69 bits per heavy atom. The minimum absolute atomic E-state index is 0.122. The normalized spacial score (nSPS) is 18.3. The average molecular weight is 493 g/mol. The molecule has 0 aromatic carbocycles. The van der Waals surface area contributed by atoms with E-state index >= 15 is 0 Å². The maximum atomic E-state index is 13.0. The van der Waals surface area contributed by atoms with Gasteiger partial charge < -0.3 is 20.1 Å². The van der Waals surface area contributed by atoms with Gasteiger partial charge >= 0.3 is 12.1 Å². The number of aromatic nitrogens is 2. The fourth-order valence-electron chi connectivity index (χ4n) is 4.64. The number of fused-ring (bicyclic) bond motifs is 3. The average Bonchev–Trinajstić information content (AvgIpc) is 3.32. The Balaban J connectivity index is 1.37. The Morgan fingerprint density at radius 1 is 1.19 bits per heavy atom. The van der Waals surface area contributed by atoms with Crippen LogP contribution < -0.4 is 5.32 Å². The smallest absolute Gasteiger partial charge is 0.410 e. The van der Waals surface area contributed by atoms with Crippen LogP contribution in [-0.4, -0.2) is 57.1 Å². The van der Waals surface area contributed by atoms with Gasteiger partial charge in [0.15, 0.2) is 0 Å². The number of nitrogens with one attached hydrogen (secondary N) is 1. The third kappa shape index (κ3) is 5.24. The summed E-state index contributed by atoms with van der Waals surface area (Å²) in [5, 5.41) is 12.2. The second kappa shape index (κ2) is 9.72. The quantitative estimate of drug-likeness (QED) is 0.555. The molecular formula is C27H32N4O5. The summed E-state index contributed by atoms with van der Waals surface area (Å²) in [4.78, 5) is 46.8. The highest BCUT2D eigenvalue weighted by atomic mass is 16.6. The number of pyridine rings is 2. The van der Waals surface area contributed by atoms with Crippen molar-refractivity contribution in [2.75, 3.05) is 18.9 Å². The molecule has 0 saturated carbocycles. The molecule has 190 valence electrons. The van der Waals surface area contributed by atoms with Gasteiger partial charge in [0.2, 0.25) is 5.91 Å². The summed E-state index contributed by atoms with van der Waals surface area (Å²) in [5.74, 6) is -0.614. The number of amides is 2. The number of carbonyl (C=O) groups excluding carboxylic acids is 2. The molecule has 1 aliphatic heterocycles. The van der Waals surface area contributed by atoms with Gasteiger partial charge in [0.05, 0.1) is 11.0 Å². The minimum Gasteiger partial charge on any atom is -0.478 e. The number of ether oxygens (including phenoxy) is 1. The first-order chi connectivity index (χ1) is 17.0. The van der Waals surface area contributed by atoms with Gasteiger partial charge in [0.25, 0.3) is 0 Å². The highest BCUT2D eigenvalue weighted by molar-refractivity contribution is 6.06. The molecule has 0 unspecified atom stereocenters. The van der Waals surface area contributed by atoms with Crippen molar-refractivity contribution in [3.8, 4) is 0 Å². The van der Waals surface area contributed by atoms with Gasteiger partial charge in [-0.05, 0) is 69.7 Å². The van der Waals surface area contributed by atoms with Gasteiger partial charge in [0, 0.05) is 43.7 Å². The van der Waals surface area contributed by atoms with Crippen LogP contribution in [0.5, 0.6) is 0 Å². The number of carboxylic acids is 1. The molecule has 9 heteroatoms. The van der Waals surface area contributed by atoms with E-state index in [0.717, 1.165) is 41.6 Å². The zero-order chi connectivity index (χ0) is 26.1. The van der Waals surface area contributed by atoms with Crippen molar-refractivity contribution < 1.29 is 24.2 Å². The fourth-order valence-corrected chi connectivity index (χ4v) is 4.64. The number of hydrogen-bond acceptors (Lipinski definition) is 6. The lowest BCUT2D eigenvalue weighted by atomic mass is 9.79. The Hall–Kier alpha value is -3.75. The molecule has 2 amide bonds. The Kier molecular flexibility index (Phi) is 6.84. The molecule has 0 fully saturated rings. The second-order valence-corrected chi connectivity index (χ2v) is 10.5. The van der Waals surface area contributed by atoms with Crippen molar-refractivity contribution in [2.45, 2.75) is 63.9 Å². The van der Waals surface area contributed by atoms with Crippen LogP contribution in [0.15, 0.2) is 30.6 Å². The summed E-state index contributed by atoms with van der Waals surface area (Å²) in [6.07, 6.45) is 10.2. The molecule has 4 rings (SSSR count). The highest BCUT2D eigenvalue weighted by Crippen LogP contribution is 2.46. The first kappa shape index (κ1) is 25.3. The molecule has 2 N–H and O–H groups in total. The van der Waals surface area contributed by atoms with Gasteiger partial charge in [-0.2, -0.15) is 0 Å². The third-order valence-corrected chi connectivity index (χ3v) is 6.49. The van der Waals surface area contributed by atoms with Gasteiger partial charge in [-0.25, -0.2) is 14.6 Å². The van der Waals surface area contributed by atoms with E-state index in [1.807, 2.05) is 32.9 Å². The summed E-state index contributed by atoms with van der Waals surface area (Å²) in [7, 11) is 1.74. The van der Waals surface area contributed by atoms with Crippen LogP contribution in [-0.2, 0) is 27.8 Å². The molecular weight excluding hydrogens is 460 g/mol. The molecule has 3 heterocycles. The summed E-state index contributed by atoms with van der Waals surface area (Å²) in [6.45, 7) is 6.17. The monoisotopic (exact) mass is 492 g/mol.